The molecule has 1 aromatic carbocycles. The Bertz CT molecular complexity index is 926. The van der Waals surface area contributed by atoms with Crippen LogP contribution >= 0.6 is 11.6 Å². The lowest BCUT2D eigenvalue weighted by atomic mass is 10.0. The van der Waals surface area contributed by atoms with Gasteiger partial charge in [-0.1, -0.05) is 17.5 Å². The van der Waals surface area contributed by atoms with Gasteiger partial charge in [0.15, 0.2) is 5.78 Å². The Morgan fingerprint density at radius 3 is 2.54 bits per heavy atom. The van der Waals surface area contributed by atoms with Crippen LogP contribution in [0.4, 0.5) is 18.9 Å². The molecule has 2 aromatic rings. The molecule has 0 aliphatic heterocycles. The van der Waals surface area contributed by atoms with E-state index in [1.165, 1.54) is 18.0 Å². The van der Waals surface area contributed by atoms with Crippen LogP contribution in [-0.4, -0.2) is 24.4 Å². The molecule has 0 unspecified atom stereocenters. The minimum atomic E-state index is -4.73. The number of hydrogen-bond donors (Lipinski definition) is 1. The fraction of sp³-hybridized carbons (Fsp3) is 0.250. The smallest absolute Gasteiger partial charge is 0.362 e. The first-order chi connectivity index (χ1) is 11.1. The predicted molar refractivity (Wildman–Crippen MR) is 86.7 cm³/mol. The van der Waals surface area contributed by atoms with Gasteiger partial charge in [0.1, 0.15) is 5.56 Å². The molecule has 0 fully saturated rings. The van der Waals surface area contributed by atoms with Crippen LogP contribution in [0.2, 0.25) is 5.02 Å². The second kappa shape index (κ2) is 6.21. The number of Topliss-reactive ketones (excluding diaryl/α,β-unsaturated/α-hetero) is 1. The van der Waals surface area contributed by atoms with E-state index in [9.17, 15) is 22.8 Å². The number of ketones is 1. The van der Waals surface area contributed by atoms with Gasteiger partial charge in [0.2, 0.25) is 0 Å². The summed E-state index contributed by atoms with van der Waals surface area (Å²) in [4.78, 5) is 27.6. The van der Waals surface area contributed by atoms with Crippen LogP contribution in [0.3, 0.4) is 0 Å². The lowest BCUT2D eigenvalue weighted by molar-refractivity contribution is -0.136. The molecular formula is C16H12ClF3N2O2. The average molecular weight is 357 g/mol. The van der Waals surface area contributed by atoms with Crippen LogP contribution in [0, 0.1) is 12.3 Å². The number of aromatic amines is 1. The molecule has 8 heteroatoms. The highest BCUT2D eigenvalue weighted by Crippen LogP contribution is 2.39. The third-order valence-electron chi connectivity index (χ3n) is 3.43. The molecule has 2 rings (SSSR count). The number of terminal acetylenes is 1. The van der Waals surface area contributed by atoms with E-state index in [0.717, 1.165) is 13.0 Å². The molecule has 1 aromatic heterocycles. The zero-order chi connectivity index (χ0) is 18.2. The summed E-state index contributed by atoms with van der Waals surface area (Å²) in [5.74, 6) is 1.73. The standard InChI is InChI=1S/C16H12ClF3N2O2/c1-4-5-22(3)14-10-6-9(17)7-11(16(18,19)20)13(10)21-15(24)12(14)8(2)23/h1,6-7H,5H2,2-3H3,(H,21,24). The van der Waals surface area contributed by atoms with Crippen molar-refractivity contribution in [1.82, 2.24) is 4.98 Å². The van der Waals surface area contributed by atoms with Gasteiger partial charge in [0.05, 0.1) is 23.3 Å². The lowest BCUT2D eigenvalue weighted by Crippen LogP contribution is -2.27. The summed E-state index contributed by atoms with van der Waals surface area (Å²) in [5, 5.41) is -0.177. The maximum atomic E-state index is 13.3. The van der Waals surface area contributed by atoms with E-state index in [-0.39, 0.29) is 28.2 Å². The van der Waals surface area contributed by atoms with Gasteiger partial charge in [-0.2, -0.15) is 13.2 Å². The molecular weight excluding hydrogens is 345 g/mol. The maximum Gasteiger partial charge on any atom is 0.418 e. The van der Waals surface area contributed by atoms with Crippen molar-refractivity contribution in [3.8, 4) is 12.3 Å². The Hall–Kier alpha value is -2.46. The van der Waals surface area contributed by atoms with E-state index in [1.54, 1.807) is 0 Å². The van der Waals surface area contributed by atoms with E-state index in [1.807, 2.05) is 0 Å². The Kier molecular flexibility index (Phi) is 4.63. The third kappa shape index (κ3) is 3.10. The number of halogens is 4. The summed E-state index contributed by atoms with van der Waals surface area (Å²) in [7, 11) is 1.48. The highest BCUT2D eigenvalue weighted by atomic mass is 35.5. The van der Waals surface area contributed by atoms with E-state index in [0.29, 0.717) is 0 Å². The molecule has 0 saturated heterocycles. The molecule has 0 radical (unpaired) electrons. The molecule has 0 bridgehead atoms. The molecule has 4 nitrogen and oxygen atoms in total. The summed E-state index contributed by atoms with van der Waals surface area (Å²) >= 11 is 5.82. The van der Waals surface area contributed by atoms with E-state index in [2.05, 4.69) is 10.9 Å². The number of carbonyl (C=O) groups is 1. The van der Waals surface area contributed by atoms with Crippen molar-refractivity contribution in [2.45, 2.75) is 13.1 Å². The number of anilines is 1. The lowest BCUT2D eigenvalue weighted by Gasteiger charge is -2.22. The molecule has 0 aliphatic rings. The normalized spacial score (nSPS) is 11.4. The number of benzene rings is 1. The van der Waals surface area contributed by atoms with Gasteiger partial charge in [0.25, 0.3) is 5.56 Å². The van der Waals surface area contributed by atoms with Crippen LogP contribution in [0.1, 0.15) is 22.8 Å². The van der Waals surface area contributed by atoms with E-state index in [4.69, 9.17) is 18.0 Å². The number of nitrogens with one attached hydrogen (secondary N) is 1. The molecule has 1 heterocycles. The van der Waals surface area contributed by atoms with Gasteiger partial charge >= 0.3 is 6.18 Å². The molecule has 1 N–H and O–H groups in total. The van der Waals surface area contributed by atoms with Gasteiger partial charge in [0, 0.05) is 17.5 Å². The van der Waals surface area contributed by atoms with Crippen molar-refractivity contribution in [3.05, 3.63) is 38.6 Å². The molecule has 126 valence electrons. The summed E-state index contributed by atoms with van der Waals surface area (Å²) in [5.41, 5.74) is -2.70. The number of aromatic nitrogens is 1. The highest BCUT2D eigenvalue weighted by Gasteiger charge is 2.35. The maximum absolute atomic E-state index is 13.3. The summed E-state index contributed by atoms with van der Waals surface area (Å²) in [6.45, 7) is 1.14. The second-order valence-electron chi connectivity index (χ2n) is 5.17. The van der Waals surface area contributed by atoms with E-state index >= 15 is 0 Å². The Labute approximate surface area is 140 Å². The topological polar surface area (TPSA) is 53.2 Å². The van der Waals surface area contributed by atoms with Gasteiger partial charge in [-0.05, 0) is 19.1 Å². The molecule has 0 aliphatic carbocycles. The SMILES string of the molecule is C#CCN(C)c1c(C(C)=O)c(=O)[nH]c2c(C(F)(F)F)cc(Cl)cc12. The average Bonchev–Trinajstić information content (AvgIpc) is 2.44. The number of hydrogen-bond acceptors (Lipinski definition) is 3. The fourth-order valence-corrected chi connectivity index (χ4v) is 2.73. The summed E-state index contributed by atoms with van der Waals surface area (Å²) in [6, 6.07) is 1.98. The van der Waals surface area contributed by atoms with Crippen molar-refractivity contribution in [2.24, 2.45) is 0 Å². The first-order valence-electron chi connectivity index (χ1n) is 6.70. The quantitative estimate of drug-likeness (QED) is 0.676. The van der Waals surface area contributed by atoms with Crippen LogP contribution in [-0.2, 0) is 6.18 Å². The van der Waals surface area contributed by atoms with Gasteiger partial charge < -0.3 is 9.88 Å². The van der Waals surface area contributed by atoms with Crippen molar-refractivity contribution in [1.29, 1.82) is 0 Å². The Balaban J connectivity index is 3.07. The monoisotopic (exact) mass is 356 g/mol. The number of H-pyrrole nitrogens is 1. The summed E-state index contributed by atoms with van der Waals surface area (Å²) < 4.78 is 39.8. The van der Waals surface area contributed by atoms with Gasteiger partial charge in [-0.25, -0.2) is 0 Å². The van der Waals surface area contributed by atoms with E-state index < -0.39 is 28.6 Å². The molecule has 0 atom stereocenters. The molecule has 0 saturated carbocycles. The van der Waals surface area contributed by atoms with Gasteiger partial charge in [-0.15, -0.1) is 6.42 Å². The van der Waals surface area contributed by atoms with Crippen LogP contribution < -0.4 is 10.5 Å². The molecule has 24 heavy (non-hydrogen) atoms. The Morgan fingerprint density at radius 2 is 2.04 bits per heavy atom. The number of alkyl halides is 3. The van der Waals surface area contributed by atoms with Crippen LogP contribution in [0.25, 0.3) is 10.9 Å². The molecule has 0 spiro atoms. The van der Waals surface area contributed by atoms with Crippen molar-refractivity contribution in [3.63, 3.8) is 0 Å². The number of rotatable bonds is 3. The van der Waals surface area contributed by atoms with Crippen LogP contribution in [0.15, 0.2) is 16.9 Å². The Morgan fingerprint density at radius 1 is 1.42 bits per heavy atom. The number of carbonyl (C=O) groups excluding carboxylic acids is 1. The number of fused-ring (bicyclic) bond motifs is 1. The molecule has 0 amide bonds. The highest BCUT2D eigenvalue weighted by molar-refractivity contribution is 6.31. The van der Waals surface area contributed by atoms with Crippen molar-refractivity contribution in [2.75, 3.05) is 18.5 Å². The fourth-order valence-electron chi connectivity index (χ4n) is 2.51. The minimum absolute atomic E-state index is 0.00243. The zero-order valence-electron chi connectivity index (χ0n) is 12.7. The number of pyridine rings is 1. The minimum Gasteiger partial charge on any atom is -0.362 e. The predicted octanol–water partition coefficient (Wildman–Crippen LogP) is 3.47. The van der Waals surface area contributed by atoms with Crippen LogP contribution in [0.5, 0.6) is 0 Å². The number of nitrogens with zero attached hydrogens (tertiary/aromatic N) is 1. The van der Waals surface area contributed by atoms with Gasteiger partial charge in [-0.3, -0.25) is 9.59 Å². The summed E-state index contributed by atoms with van der Waals surface area (Å²) in [6.07, 6.45) is 0.505. The second-order valence-corrected chi connectivity index (χ2v) is 5.60. The zero-order valence-corrected chi connectivity index (χ0v) is 13.5. The first kappa shape index (κ1) is 17.9. The first-order valence-corrected chi connectivity index (χ1v) is 7.08. The van der Waals surface area contributed by atoms with Crippen molar-refractivity contribution < 1.29 is 18.0 Å². The third-order valence-corrected chi connectivity index (χ3v) is 3.65. The largest absolute Gasteiger partial charge is 0.418 e. The van der Waals surface area contributed by atoms with Crippen molar-refractivity contribution >= 4 is 34.0 Å².